The quantitative estimate of drug-likeness (QED) is 0.393. The molecular weight excluding hydrogens is 419 g/mol. The van der Waals surface area contributed by atoms with E-state index in [1.807, 2.05) is 29.2 Å². The van der Waals surface area contributed by atoms with Crippen LogP contribution in [-0.4, -0.2) is 36.0 Å². The Balaban J connectivity index is 1.38. The number of carbonyl (C=O) groups is 1. The molecule has 5 rings (SSSR count). The Morgan fingerprint density at radius 1 is 1.03 bits per heavy atom. The van der Waals surface area contributed by atoms with Crippen molar-refractivity contribution in [3.63, 3.8) is 0 Å². The summed E-state index contributed by atoms with van der Waals surface area (Å²) in [7, 11) is 1.65. The number of oxazole rings is 1. The highest BCUT2D eigenvalue weighted by Gasteiger charge is 2.30. The van der Waals surface area contributed by atoms with Gasteiger partial charge in [0.1, 0.15) is 11.6 Å². The molecule has 6 heteroatoms. The molecule has 1 atom stereocenters. The fourth-order valence-electron chi connectivity index (χ4n) is 4.30. The summed E-state index contributed by atoms with van der Waals surface area (Å²) in [5.41, 5.74) is 2.65. The average molecular weight is 442 g/mol. The molecule has 2 heterocycles. The highest BCUT2D eigenvalue weighted by molar-refractivity contribution is 6.00. The first-order valence-corrected chi connectivity index (χ1v) is 10.9. The van der Waals surface area contributed by atoms with Crippen LogP contribution < -0.4 is 4.74 Å². The molecule has 0 spiro atoms. The number of carbonyl (C=O) groups excluding carboxylic acids is 1. The maximum Gasteiger partial charge on any atom is 0.254 e. The van der Waals surface area contributed by atoms with Crippen molar-refractivity contribution >= 4 is 5.91 Å². The molecule has 1 unspecified atom stereocenters. The standard InChI is InChI=1S/C27H23FN2O3/c1-32-20-12-10-18(11-13-20)19-14-15-30(17-19)27(31)22-7-3-2-6-21(22)26-29-16-25(33-26)23-8-4-5-9-24(23)28/h2-13,16,19H,14-15,17H2,1H3. The number of ether oxygens (including phenoxy) is 1. The number of hydrogen-bond acceptors (Lipinski definition) is 4. The molecule has 4 aromatic rings. The number of nitrogens with zero attached hydrogens (tertiary/aromatic N) is 2. The summed E-state index contributed by atoms with van der Waals surface area (Å²) in [4.78, 5) is 19.6. The van der Waals surface area contributed by atoms with Gasteiger partial charge >= 0.3 is 0 Å². The first-order valence-electron chi connectivity index (χ1n) is 10.9. The lowest BCUT2D eigenvalue weighted by atomic mass is 9.98. The minimum Gasteiger partial charge on any atom is -0.497 e. The van der Waals surface area contributed by atoms with E-state index in [4.69, 9.17) is 9.15 Å². The van der Waals surface area contributed by atoms with Crippen LogP contribution in [0.15, 0.2) is 83.4 Å². The summed E-state index contributed by atoms with van der Waals surface area (Å²) in [6.45, 7) is 1.32. The van der Waals surface area contributed by atoms with Gasteiger partial charge in [-0.05, 0) is 48.4 Å². The summed E-state index contributed by atoms with van der Waals surface area (Å²) in [6.07, 6.45) is 2.39. The number of aromatic nitrogens is 1. The Hall–Kier alpha value is -3.93. The lowest BCUT2D eigenvalue weighted by Crippen LogP contribution is -2.28. The van der Waals surface area contributed by atoms with E-state index in [2.05, 4.69) is 17.1 Å². The SMILES string of the molecule is COc1ccc(C2CCN(C(=O)c3ccccc3-c3ncc(-c4ccccc4F)o3)C2)cc1. The highest BCUT2D eigenvalue weighted by atomic mass is 19.1. The van der Waals surface area contributed by atoms with Crippen molar-refractivity contribution in [2.75, 3.05) is 20.2 Å². The molecule has 166 valence electrons. The number of likely N-dealkylation sites (tertiary alicyclic amines) is 1. The molecule has 1 aromatic heterocycles. The summed E-state index contributed by atoms with van der Waals surface area (Å²) < 4.78 is 25.3. The number of hydrogen-bond donors (Lipinski definition) is 0. The van der Waals surface area contributed by atoms with Crippen LogP contribution in [0.4, 0.5) is 4.39 Å². The normalized spacial score (nSPS) is 15.6. The second kappa shape index (κ2) is 8.90. The largest absolute Gasteiger partial charge is 0.497 e. The molecule has 1 aliphatic rings. The molecule has 0 bridgehead atoms. The van der Waals surface area contributed by atoms with Gasteiger partial charge in [-0.2, -0.15) is 0 Å². The van der Waals surface area contributed by atoms with Crippen molar-refractivity contribution < 1.29 is 18.3 Å². The highest BCUT2D eigenvalue weighted by Crippen LogP contribution is 2.33. The molecule has 5 nitrogen and oxygen atoms in total. The lowest BCUT2D eigenvalue weighted by Gasteiger charge is -2.18. The van der Waals surface area contributed by atoms with Gasteiger partial charge in [-0.25, -0.2) is 9.37 Å². The third-order valence-corrected chi connectivity index (χ3v) is 6.10. The minimum absolute atomic E-state index is 0.0627. The van der Waals surface area contributed by atoms with Crippen molar-refractivity contribution in [1.29, 1.82) is 0 Å². The van der Waals surface area contributed by atoms with Gasteiger partial charge in [0, 0.05) is 24.6 Å². The predicted molar refractivity (Wildman–Crippen MR) is 124 cm³/mol. The molecule has 0 radical (unpaired) electrons. The Kier molecular flexibility index (Phi) is 5.65. The number of rotatable bonds is 5. The number of benzene rings is 3. The van der Waals surface area contributed by atoms with E-state index in [1.54, 1.807) is 37.4 Å². The third kappa shape index (κ3) is 4.12. The number of halogens is 1. The Labute approximate surface area is 191 Å². The van der Waals surface area contributed by atoms with Gasteiger partial charge < -0.3 is 14.1 Å². The van der Waals surface area contributed by atoms with Crippen LogP contribution in [0.25, 0.3) is 22.8 Å². The van der Waals surface area contributed by atoms with Crippen LogP contribution in [0.1, 0.15) is 28.3 Å². The zero-order valence-corrected chi connectivity index (χ0v) is 18.2. The monoisotopic (exact) mass is 442 g/mol. The van der Waals surface area contributed by atoms with E-state index < -0.39 is 0 Å². The van der Waals surface area contributed by atoms with Gasteiger partial charge in [-0.3, -0.25) is 4.79 Å². The van der Waals surface area contributed by atoms with Crippen LogP contribution in [0.3, 0.4) is 0 Å². The molecule has 1 amide bonds. The van der Waals surface area contributed by atoms with Crippen molar-refractivity contribution in [3.05, 3.63) is 95.9 Å². The second-order valence-electron chi connectivity index (χ2n) is 8.07. The predicted octanol–water partition coefficient (Wildman–Crippen LogP) is 5.79. The smallest absolute Gasteiger partial charge is 0.254 e. The zero-order chi connectivity index (χ0) is 22.8. The molecule has 0 saturated carbocycles. The van der Waals surface area contributed by atoms with E-state index in [0.717, 1.165) is 12.2 Å². The third-order valence-electron chi connectivity index (χ3n) is 6.10. The van der Waals surface area contributed by atoms with E-state index in [1.165, 1.54) is 17.8 Å². The Bertz CT molecular complexity index is 1280. The van der Waals surface area contributed by atoms with Gasteiger partial charge in [0.05, 0.1) is 24.4 Å². The van der Waals surface area contributed by atoms with Gasteiger partial charge in [0.15, 0.2) is 5.76 Å². The first kappa shape index (κ1) is 20.9. The van der Waals surface area contributed by atoms with E-state index in [-0.39, 0.29) is 17.6 Å². The summed E-state index contributed by atoms with van der Waals surface area (Å²) in [6, 6.07) is 21.6. The molecule has 33 heavy (non-hydrogen) atoms. The zero-order valence-electron chi connectivity index (χ0n) is 18.2. The van der Waals surface area contributed by atoms with Gasteiger partial charge in [0.25, 0.3) is 5.91 Å². The minimum atomic E-state index is -0.383. The molecule has 0 N–H and O–H groups in total. The number of amides is 1. The van der Waals surface area contributed by atoms with Gasteiger partial charge in [-0.15, -0.1) is 0 Å². The van der Waals surface area contributed by atoms with E-state index in [9.17, 15) is 9.18 Å². The van der Waals surface area contributed by atoms with Crippen molar-refractivity contribution in [2.24, 2.45) is 0 Å². The maximum atomic E-state index is 14.2. The van der Waals surface area contributed by atoms with Crippen molar-refractivity contribution in [2.45, 2.75) is 12.3 Å². The molecule has 3 aromatic carbocycles. The van der Waals surface area contributed by atoms with Crippen LogP contribution >= 0.6 is 0 Å². The van der Waals surface area contributed by atoms with Crippen molar-refractivity contribution in [3.8, 4) is 28.5 Å². The fraction of sp³-hybridized carbons (Fsp3) is 0.185. The summed E-state index contributed by atoms with van der Waals surface area (Å²) in [5, 5.41) is 0. The molecule has 1 saturated heterocycles. The average Bonchev–Trinajstić information content (AvgIpc) is 3.55. The molecular formula is C27H23FN2O3. The topological polar surface area (TPSA) is 55.6 Å². The van der Waals surface area contributed by atoms with Gasteiger partial charge in [-0.1, -0.05) is 36.4 Å². The fourth-order valence-corrected chi connectivity index (χ4v) is 4.30. The van der Waals surface area contributed by atoms with E-state index in [0.29, 0.717) is 41.4 Å². The Morgan fingerprint density at radius 2 is 1.76 bits per heavy atom. The van der Waals surface area contributed by atoms with Crippen molar-refractivity contribution in [1.82, 2.24) is 9.88 Å². The Morgan fingerprint density at radius 3 is 2.52 bits per heavy atom. The lowest BCUT2D eigenvalue weighted by molar-refractivity contribution is 0.0791. The van der Waals surface area contributed by atoms with Crippen LogP contribution in [0.5, 0.6) is 5.75 Å². The molecule has 0 aliphatic carbocycles. The first-order chi connectivity index (χ1) is 16.1. The molecule has 1 aliphatic heterocycles. The summed E-state index contributed by atoms with van der Waals surface area (Å²) in [5.74, 6) is 1.27. The molecule has 1 fully saturated rings. The van der Waals surface area contributed by atoms with Crippen LogP contribution in [0, 0.1) is 5.82 Å². The van der Waals surface area contributed by atoms with Gasteiger partial charge in [0.2, 0.25) is 5.89 Å². The summed E-state index contributed by atoms with van der Waals surface area (Å²) >= 11 is 0. The maximum absolute atomic E-state index is 14.2. The van der Waals surface area contributed by atoms with Crippen LogP contribution in [0.2, 0.25) is 0 Å². The number of methoxy groups -OCH3 is 1. The van der Waals surface area contributed by atoms with E-state index >= 15 is 0 Å². The van der Waals surface area contributed by atoms with Crippen LogP contribution in [-0.2, 0) is 0 Å². The second-order valence-corrected chi connectivity index (χ2v) is 8.07.